The first-order valence-corrected chi connectivity index (χ1v) is 9.00. The highest BCUT2D eigenvalue weighted by molar-refractivity contribution is 5.30. The lowest BCUT2D eigenvalue weighted by molar-refractivity contribution is 0.488. The van der Waals surface area contributed by atoms with E-state index >= 15 is 0 Å². The molecule has 0 aliphatic rings. The Labute approximate surface area is 131 Å². The molecule has 0 aliphatic carbocycles. The Kier molecular flexibility index (Phi) is 9.94. The van der Waals surface area contributed by atoms with Gasteiger partial charge in [0.25, 0.3) is 0 Å². The van der Waals surface area contributed by atoms with Crippen LogP contribution in [0.3, 0.4) is 0 Å². The Hall–Kier alpha value is -1.05. The average molecular weight is 290 g/mol. The standard InChI is InChI=1S/C19H34N2/c1-3-5-7-8-9-11-14-17(13-10-6-4-2)18-15-12-16-19(20)21-18/h12,15-17H,3-11,13-14H2,1-2H3,(H2,20,21). The van der Waals surface area contributed by atoms with Crippen LogP contribution in [-0.4, -0.2) is 4.98 Å². The summed E-state index contributed by atoms with van der Waals surface area (Å²) in [6.45, 7) is 4.54. The Balaban J connectivity index is 2.41. The number of hydrogen-bond acceptors (Lipinski definition) is 2. The highest BCUT2D eigenvalue weighted by Crippen LogP contribution is 2.27. The lowest BCUT2D eigenvalue weighted by atomic mass is 9.91. The molecule has 21 heavy (non-hydrogen) atoms. The number of nitrogen functional groups attached to an aromatic ring is 1. The lowest BCUT2D eigenvalue weighted by Gasteiger charge is -2.16. The molecular weight excluding hydrogens is 256 g/mol. The Morgan fingerprint density at radius 3 is 2.10 bits per heavy atom. The molecule has 120 valence electrons. The van der Waals surface area contributed by atoms with E-state index in [-0.39, 0.29) is 0 Å². The van der Waals surface area contributed by atoms with Crippen LogP contribution in [-0.2, 0) is 0 Å². The maximum Gasteiger partial charge on any atom is 0.123 e. The Morgan fingerprint density at radius 1 is 0.857 bits per heavy atom. The van der Waals surface area contributed by atoms with Crippen molar-refractivity contribution in [1.82, 2.24) is 4.98 Å². The number of nitrogens with two attached hydrogens (primary N) is 1. The third-order valence-corrected chi connectivity index (χ3v) is 4.27. The molecule has 0 radical (unpaired) electrons. The summed E-state index contributed by atoms with van der Waals surface area (Å²) in [7, 11) is 0. The number of pyridine rings is 1. The van der Waals surface area contributed by atoms with Crippen molar-refractivity contribution in [1.29, 1.82) is 0 Å². The zero-order valence-electron chi connectivity index (χ0n) is 14.1. The van der Waals surface area contributed by atoms with Crippen molar-refractivity contribution in [3.05, 3.63) is 23.9 Å². The lowest BCUT2D eigenvalue weighted by Crippen LogP contribution is -2.04. The SMILES string of the molecule is CCCCCCCCC(CCCCC)c1cccc(N)n1. The van der Waals surface area contributed by atoms with E-state index in [0.717, 1.165) is 0 Å². The van der Waals surface area contributed by atoms with Gasteiger partial charge in [0.2, 0.25) is 0 Å². The quantitative estimate of drug-likeness (QED) is 0.474. The second kappa shape index (κ2) is 11.6. The number of unbranched alkanes of at least 4 members (excludes halogenated alkanes) is 7. The number of nitrogens with zero attached hydrogens (tertiary/aromatic N) is 1. The third kappa shape index (κ3) is 8.08. The molecule has 0 aromatic carbocycles. The average Bonchev–Trinajstić information content (AvgIpc) is 2.49. The van der Waals surface area contributed by atoms with E-state index in [1.807, 2.05) is 12.1 Å². The van der Waals surface area contributed by atoms with Gasteiger partial charge in [-0.15, -0.1) is 0 Å². The van der Waals surface area contributed by atoms with Crippen LogP contribution >= 0.6 is 0 Å². The highest BCUT2D eigenvalue weighted by atomic mass is 14.8. The summed E-state index contributed by atoms with van der Waals surface area (Å²) < 4.78 is 0. The first-order chi connectivity index (χ1) is 10.3. The van der Waals surface area contributed by atoms with Crippen LogP contribution in [0.4, 0.5) is 5.82 Å². The Bertz CT molecular complexity index is 362. The topological polar surface area (TPSA) is 38.9 Å². The number of aromatic nitrogens is 1. The van der Waals surface area contributed by atoms with E-state index in [1.54, 1.807) is 0 Å². The van der Waals surface area contributed by atoms with Crippen molar-refractivity contribution < 1.29 is 0 Å². The summed E-state index contributed by atoms with van der Waals surface area (Å²) in [4.78, 5) is 4.56. The molecule has 0 amide bonds. The van der Waals surface area contributed by atoms with E-state index in [2.05, 4.69) is 24.9 Å². The third-order valence-electron chi connectivity index (χ3n) is 4.27. The number of rotatable bonds is 12. The van der Waals surface area contributed by atoms with Gasteiger partial charge in [0.1, 0.15) is 5.82 Å². The molecule has 1 rings (SSSR count). The van der Waals surface area contributed by atoms with E-state index in [4.69, 9.17) is 5.73 Å². The first kappa shape index (κ1) is 18.0. The largest absolute Gasteiger partial charge is 0.384 e. The summed E-state index contributed by atoms with van der Waals surface area (Å²) in [6, 6.07) is 6.09. The molecule has 2 heteroatoms. The van der Waals surface area contributed by atoms with E-state index in [1.165, 1.54) is 76.3 Å². The van der Waals surface area contributed by atoms with Crippen LogP contribution in [0.2, 0.25) is 0 Å². The molecule has 2 nitrogen and oxygen atoms in total. The maximum atomic E-state index is 5.85. The molecule has 0 spiro atoms. The second-order valence-electron chi connectivity index (χ2n) is 6.24. The minimum atomic E-state index is 0.603. The molecule has 0 saturated heterocycles. The van der Waals surface area contributed by atoms with E-state index in [0.29, 0.717) is 11.7 Å². The first-order valence-electron chi connectivity index (χ1n) is 9.00. The second-order valence-corrected chi connectivity index (χ2v) is 6.24. The van der Waals surface area contributed by atoms with Crippen LogP contribution < -0.4 is 5.73 Å². The van der Waals surface area contributed by atoms with Gasteiger partial charge < -0.3 is 5.73 Å². The fourth-order valence-electron chi connectivity index (χ4n) is 2.95. The zero-order valence-corrected chi connectivity index (χ0v) is 14.1. The molecule has 0 fully saturated rings. The normalized spacial score (nSPS) is 12.5. The molecule has 1 aromatic rings. The van der Waals surface area contributed by atoms with Gasteiger partial charge in [0.05, 0.1) is 0 Å². The van der Waals surface area contributed by atoms with Gasteiger partial charge >= 0.3 is 0 Å². The summed E-state index contributed by atoms with van der Waals surface area (Å²) in [5.74, 6) is 1.27. The molecule has 2 N–H and O–H groups in total. The van der Waals surface area contributed by atoms with E-state index in [9.17, 15) is 0 Å². The monoisotopic (exact) mass is 290 g/mol. The van der Waals surface area contributed by atoms with Crippen LogP contribution in [0, 0.1) is 0 Å². The summed E-state index contributed by atoms with van der Waals surface area (Å²) in [6.07, 6.45) is 14.7. The molecule has 0 bridgehead atoms. The van der Waals surface area contributed by atoms with Gasteiger partial charge in [-0.2, -0.15) is 0 Å². The van der Waals surface area contributed by atoms with Crippen molar-refractivity contribution in [2.75, 3.05) is 5.73 Å². The van der Waals surface area contributed by atoms with Crippen molar-refractivity contribution in [3.8, 4) is 0 Å². The number of hydrogen-bond donors (Lipinski definition) is 1. The molecule has 1 atom stereocenters. The van der Waals surface area contributed by atoms with Crippen molar-refractivity contribution >= 4 is 5.82 Å². The minimum Gasteiger partial charge on any atom is -0.384 e. The van der Waals surface area contributed by atoms with E-state index < -0.39 is 0 Å². The van der Waals surface area contributed by atoms with Crippen LogP contribution in [0.15, 0.2) is 18.2 Å². The van der Waals surface area contributed by atoms with Gasteiger partial charge in [-0.05, 0) is 25.0 Å². The van der Waals surface area contributed by atoms with Gasteiger partial charge in [0.15, 0.2) is 0 Å². The maximum absolute atomic E-state index is 5.85. The van der Waals surface area contributed by atoms with Crippen LogP contribution in [0.5, 0.6) is 0 Å². The van der Waals surface area contributed by atoms with Gasteiger partial charge in [-0.1, -0.05) is 77.7 Å². The minimum absolute atomic E-state index is 0.603. The molecular formula is C19H34N2. The number of anilines is 1. The fraction of sp³-hybridized carbons (Fsp3) is 0.737. The van der Waals surface area contributed by atoms with Gasteiger partial charge in [-0.3, -0.25) is 0 Å². The van der Waals surface area contributed by atoms with Gasteiger partial charge in [0, 0.05) is 11.6 Å². The molecule has 1 unspecified atom stereocenters. The predicted octanol–water partition coefficient (Wildman–Crippen LogP) is 6.08. The Morgan fingerprint density at radius 2 is 1.43 bits per heavy atom. The highest BCUT2D eigenvalue weighted by Gasteiger charge is 2.12. The summed E-state index contributed by atoms with van der Waals surface area (Å²) >= 11 is 0. The van der Waals surface area contributed by atoms with Crippen molar-refractivity contribution in [3.63, 3.8) is 0 Å². The summed E-state index contributed by atoms with van der Waals surface area (Å²) in [5.41, 5.74) is 7.06. The van der Waals surface area contributed by atoms with Gasteiger partial charge in [-0.25, -0.2) is 4.98 Å². The molecule has 0 aliphatic heterocycles. The smallest absolute Gasteiger partial charge is 0.123 e. The molecule has 1 heterocycles. The van der Waals surface area contributed by atoms with Crippen molar-refractivity contribution in [2.45, 2.75) is 90.4 Å². The predicted molar refractivity (Wildman–Crippen MR) is 93.5 cm³/mol. The summed E-state index contributed by atoms with van der Waals surface area (Å²) in [5, 5.41) is 0. The zero-order chi connectivity index (χ0) is 15.3. The molecule has 1 aromatic heterocycles. The molecule has 0 saturated carbocycles. The van der Waals surface area contributed by atoms with Crippen LogP contribution in [0.25, 0.3) is 0 Å². The fourth-order valence-corrected chi connectivity index (χ4v) is 2.95. The van der Waals surface area contributed by atoms with Crippen LogP contribution in [0.1, 0.15) is 96.1 Å². The van der Waals surface area contributed by atoms with Crippen molar-refractivity contribution in [2.24, 2.45) is 0 Å².